The second kappa shape index (κ2) is 6.38. The van der Waals surface area contributed by atoms with Crippen molar-refractivity contribution in [2.24, 2.45) is 0 Å². The normalized spacial score (nSPS) is 11.9. The lowest BCUT2D eigenvalue weighted by Gasteiger charge is -2.23. The highest BCUT2D eigenvalue weighted by molar-refractivity contribution is 6.14. The minimum atomic E-state index is -0.331. The maximum Gasteiger partial charge on any atom is 0.329 e. The van der Waals surface area contributed by atoms with E-state index in [1.165, 1.54) is 12.1 Å². The van der Waals surface area contributed by atoms with Gasteiger partial charge in [-0.3, -0.25) is 4.48 Å². The number of quaternary nitrogens is 1. The van der Waals surface area contributed by atoms with Gasteiger partial charge in [-0.05, 0) is 19.1 Å². The number of halogens is 1. The van der Waals surface area contributed by atoms with Crippen molar-refractivity contribution < 1.29 is 9.13 Å². The van der Waals surface area contributed by atoms with Crippen molar-refractivity contribution in [3.8, 4) is 11.8 Å². The predicted octanol–water partition coefficient (Wildman–Crippen LogP) is 3.38. The number of aromatic nitrogens is 5. The molecule has 3 aromatic heterocycles. The molecule has 0 amide bonds. The Morgan fingerprint density at radius 2 is 1.82 bits per heavy atom. The van der Waals surface area contributed by atoms with Gasteiger partial charge in [0.25, 0.3) is 0 Å². The molecular formula is C19H21FN7O+. The van der Waals surface area contributed by atoms with Crippen LogP contribution in [0, 0.1) is 12.7 Å². The fourth-order valence-corrected chi connectivity index (χ4v) is 3.09. The van der Waals surface area contributed by atoms with E-state index in [9.17, 15) is 4.39 Å². The third-order valence-electron chi connectivity index (χ3n) is 4.36. The first-order valence-electron chi connectivity index (χ1n) is 8.75. The summed E-state index contributed by atoms with van der Waals surface area (Å²) in [6.07, 6.45) is 3.14. The van der Waals surface area contributed by atoms with E-state index < -0.39 is 0 Å². The topological polar surface area (TPSA) is 88.6 Å². The average molecular weight is 382 g/mol. The zero-order chi connectivity index (χ0) is 20.1. The quantitative estimate of drug-likeness (QED) is 0.526. The number of hydrogen-bond acceptors (Lipinski definition) is 6. The maximum atomic E-state index is 14.2. The van der Waals surface area contributed by atoms with Gasteiger partial charge in [-0.2, -0.15) is 4.98 Å². The van der Waals surface area contributed by atoms with Gasteiger partial charge in [0.2, 0.25) is 5.82 Å². The highest BCUT2D eigenvalue weighted by atomic mass is 19.1. The summed E-state index contributed by atoms with van der Waals surface area (Å²) < 4.78 is 20.4. The summed E-state index contributed by atoms with van der Waals surface area (Å²) in [5.41, 5.74) is 1.98. The molecule has 0 fully saturated rings. The van der Waals surface area contributed by atoms with E-state index in [0.29, 0.717) is 38.6 Å². The number of H-pyrrole nitrogens is 1. The molecule has 0 aliphatic heterocycles. The van der Waals surface area contributed by atoms with Crippen LogP contribution in [0.4, 0.5) is 15.9 Å². The van der Waals surface area contributed by atoms with Gasteiger partial charge in [0.1, 0.15) is 17.0 Å². The summed E-state index contributed by atoms with van der Waals surface area (Å²) in [6, 6.07) is 3.10. The molecule has 4 rings (SSSR count). The molecule has 0 atom stereocenters. The van der Waals surface area contributed by atoms with Gasteiger partial charge in [0.15, 0.2) is 11.4 Å². The van der Waals surface area contributed by atoms with Crippen molar-refractivity contribution in [1.29, 1.82) is 0 Å². The molecule has 2 N–H and O–H groups in total. The van der Waals surface area contributed by atoms with Crippen LogP contribution in [0.3, 0.4) is 0 Å². The standard InChI is InChI=1S/C19H21FN7O/c1-10-22-8-12(9-23-10)28-19-25-17-15(18(26-19)27(3,4)5)13-6-11(20)7-14(21-2)16(13)24-17/h6-9,21H,1-5H3,(H,24,25,26)/q+1. The van der Waals surface area contributed by atoms with E-state index in [4.69, 9.17) is 4.74 Å². The molecule has 4 aromatic rings. The van der Waals surface area contributed by atoms with Crippen molar-refractivity contribution in [3.05, 3.63) is 36.2 Å². The fraction of sp³-hybridized carbons (Fsp3) is 0.263. The Balaban J connectivity index is 1.97. The summed E-state index contributed by atoms with van der Waals surface area (Å²) in [4.78, 5) is 20.6. The van der Waals surface area contributed by atoms with Gasteiger partial charge < -0.3 is 15.0 Å². The van der Waals surface area contributed by atoms with Crippen LogP contribution < -0.4 is 14.5 Å². The molecule has 3 heterocycles. The molecule has 0 bridgehead atoms. The summed E-state index contributed by atoms with van der Waals surface area (Å²) in [6.45, 7) is 1.80. The van der Waals surface area contributed by atoms with E-state index in [1.807, 2.05) is 21.1 Å². The van der Waals surface area contributed by atoms with E-state index >= 15 is 0 Å². The molecule has 0 aliphatic rings. The smallest absolute Gasteiger partial charge is 0.329 e. The van der Waals surface area contributed by atoms with Crippen LogP contribution in [0.5, 0.6) is 11.8 Å². The molecule has 28 heavy (non-hydrogen) atoms. The van der Waals surface area contributed by atoms with E-state index in [0.717, 1.165) is 10.9 Å². The molecule has 8 nitrogen and oxygen atoms in total. The lowest BCUT2D eigenvalue weighted by molar-refractivity contribution is 0.422. The third kappa shape index (κ3) is 3.09. The third-order valence-corrected chi connectivity index (χ3v) is 4.36. The number of rotatable bonds is 4. The van der Waals surface area contributed by atoms with Crippen molar-refractivity contribution in [2.45, 2.75) is 6.92 Å². The number of nitrogens with one attached hydrogen (secondary N) is 2. The van der Waals surface area contributed by atoms with Gasteiger partial charge in [0, 0.05) is 12.4 Å². The molecular weight excluding hydrogens is 361 g/mol. The highest BCUT2D eigenvalue weighted by Gasteiger charge is 2.26. The SMILES string of the molecule is CNc1cc(F)cc2c1[nH]c1nc(Oc3cnc(C)nc3)nc([N+](C)(C)C)c12. The van der Waals surface area contributed by atoms with Crippen LogP contribution in [-0.4, -0.2) is 53.1 Å². The molecule has 1 aromatic carbocycles. The average Bonchev–Trinajstić information content (AvgIpc) is 2.99. The Hall–Kier alpha value is -3.33. The molecule has 0 unspecified atom stereocenters. The first-order chi connectivity index (χ1) is 13.3. The monoisotopic (exact) mass is 382 g/mol. The van der Waals surface area contributed by atoms with Crippen LogP contribution >= 0.6 is 0 Å². The molecule has 144 valence electrons. The van der Waals surface area contributed by atoms with Crippen molar-refractivity contribution >= 4 is 33.4 Å². The second-order valence-corrected chi connectivity index (χ2v) is 7.38. The van der Waals surface area contributed by atoms with E-state index in [2.05, 4.69) is 30.2 Å². The minimum Gasteiger partial charge on any atom is -0.421 e. The summed E-state index contributed by atoms with van der Waals surface area (Å²) >= 11 is 0. The van der Waals surface area contributed by atoms with Crippen LogP contribution in [-0.2, 0) is 0 Å². The molecule has 0 saturated heterocycles. The zero-order valence-electron chi connectivity index (χ0n) is 16.3. The Morgan fingerprint density at radius 1 is 1.11 bits per heavy atom. The number of benzene rings is 1. The zero-order valence-corrected chi connectivity index (χ0v) is 16.3. The van der Waals surface area contributed by atoms with Crippen LogP contribution in [0.15, 0.2) is 24.5 Å². The van der Waals surface area contributed by atoms with Gasteiger partial charge in [-0.25, -0.2) is 14.4 Å². The number of anilines is 1. The highest BCUT2D eigenvalue weighted by Crippen LogP contribution is 2.37. The fourth-order valence-electron chi connectivity index (χ4n) is 3.09. The molecule has 9 heteroatoms. The lowest BCUT2D eigenvalue weighted by atomic mass is 10.1. The van der Waals surface area contributed by atoms with E-state index in [-0.39, 0.29) is 11.8 Å². The second-order valence-electron chi connectivity index (χ2n) is 7.38. The number of fused-ring (bicyclic) bond motifs is 3. The number of nitrogens with zero attached hydrogens (tertiary/aromatic N) is 5. The Morgan fingerprint density at radius 3 is 2.46 bits per heavy atom. The predicted molar refractivity (Wildman–Crippen MR) is 107 cm³/mol. The van der Waals surface area contributed by atoms with Gasteiger partial charge in [0.05, 0.1) is 44.7 Å². The summed E-state index contributed by atoms with van der Waals surface area (Å²) in [5.74, 6) is 1.46. The van der Waals surface area contributed by atoms with Gasteiger partial charge in [-0.15, -0.1) is 4.98 Å². The van der Waals surface area contributed by atoms with Crippen LogP contribution in [0.1, 0.15) is 5.82 Å². The molecule has 0 aliphatic carbocycles. The van der Waals surface area contributed by atoms with Crippen LogP contribution in [0.2, 0.25) is 0 Å². The van der Waals surface area contributed by atoms with Gasteiger partial charge in [-0.1, -0.05) is 0 Å². The lowest BCUT2D eigenvalue weighted by Crippen LogP contribution is -2.36. The number of aryl methyl sites for hydroxylation is 1. The molecule has 0 radical (unpaired) electrons. The summed E-state index contributed by atoms with van der Waals surface area (Å²) in [5, 5.41) is 4.49. The number of aromatic amines is 1. The van der Waals surface area contributed by atoms with Gasteiger partial charge >= 0.3 is 6.01 Å². The minimum absolute atomic E-state index is 0.168. The Kier molecular flexibility index (Phi) is 4.11. The number of hydrogen-bond donors (Lipinski definition) is 2. The van der Waals surface area contributed by atoms with Crippen LogP contribution in [0.25, 0.3) is 21.9 Å². The largest absolute Gasteiger partial charge is 0.421 e. The molecule has 0 spiro atoms. The van der Waals surface area contributed by atoms with Crippen molar-refractivity contribution in [2.75, 3.05) is 33.5 Å². The first kappa shape index (κ1) is 18.1. The van der Waals surface area contributed by atoms with Crippen molar-refractivity contribution in [3.63, 3.8) is 0 Å². The molecule has 0 saturated carbocycles. The number of ether oxygens (including phenoxy) is 1. The van der Waals surface area contributed by atoms with Crippen molar-refractivity contribution in [1.82, 2.24) is 29.4 Å². The Bertz CT molecular complexity index is 1180. The van der Waals surface area contributed by atoms with E-state index in [1.54, 1.807) is 26.4 Å². The summed E-state index contributed by atoms with van der Waals surface area (Å²) in [7, 11) is 7.70. The maximum absolute atomic E-state index is 14.2. The Labute approximate surface area is 161 Å². The first-order valence-corrected chi connectivity index (χ1v) is 8.75.